The van der Waals surface area contributed by atoms with Gasteiger partial charge >= 0.3 is 0 Å². The van der Waals surface area contributed by atoms with E-state index in [0.717, 1.165) is 18.7 Å². The molecule has 2 rings (SSSR count). The molecule has 114 valence electrons. The predicted octanol–water partition coefficient (Wildman–Crippen LogP) is 3.31. The first-order valence-corrected chi connectivity index (χ1v) is 7.20. The summed E-state index contributed by atoms with van der Waals surface area (Å²) in [5, 5.41) is 7.97. The van der Waals surface area contributed by atoms with Crippen molar-refractivity contribution in [3.8, 4) is 5.75 Å². The third kappa shape index (κ3) is 3.36. The summed E-state index contributed by atoms with van der Waals surface area (Å²) in [6.07, 6.45) is 2.50. The molecule has 6 heteroatoms. The Balaban J connectivity index is 2.45. The lowest BCUT2D eigenvalue weighted by atomic mass is 10.0. The Morgan fingerprint density at radius 3 is 2.76 bits per heavy atom. The van der Waals surface area contributed by atoms with Crippen LogP contribution in [-0.4, -0.2) is 23.4 Å². The molecular weight excluding hydrogens is 293 g/mol. The van der Waals surface area contributed by atoms with E-state index in [4.69, 9.17) is 16.3 Å². The summed E-state index contributed by atoms with van der Waals surface area (Å²) >= 11 is 6.21. The lowest BCUT2D eigenvalue weighted by molar-refractivity contribution is 0.409. The van der Waals surface area contributed by atoms with Crippen LogP contribution in [0.4, 0.5) is 4.39 Å². The van der Waals surface area contributed by atoms with Crippen molar-refractivity contribution in [3.63, 3.8) is 0 Å². The molecule has 2 aromatic rings. The van der Waals surface area contributed by atoms with Gasteiger partial charge in [-0.25, -0.2) is 4.39 Å². The fourth-order valence-electron chi connectivity index (χ4n) is 2.26. The molecule has 0 bridgehead atoms. The van der Waals surface area contributed by atoms with Crippen LogP contribution < -0.4 is 10.1 Å². The largest absolute Gasteiger partial charge is 0.497 e. The Hall–Kier alpha value is -1.59. The molecule has 0 fully saturated rings. The number of methoxy groups -OCH3 is 1. The second-order valence-corrected chi connectivity index (χ2v) is 5.18. The zero-order valence-corrected chi connectivity index (χ0v) is 13.1. The Morgan fingerprint density at radius 2 is 2.24 bits per heavy atom. The van der Waals surface area contributed by atoms with Gasteiger partial charge in [-0.05, 0) is 19.0 Å². The maximum Gasteiger partial charge on any atom is 0.132 e. The molecule has 0 radical (unpaired) electrons. The number of nitrogens with one attached hydrogen (secondary N) is 1. The van der Waals surface area contributed by atoms with Crippen molar-refractivity contribution in [2.45, 2.75) is 19.4 Å². The van der Waals surface area contributed by atoms with Crippen LogP contribution in [0.15, 0.2) is 24.4 Å². The molecule has 1 N–H and O–H groups in total. The highest BCUT2D eigenvalue weighted by molar-refractivity contribution is 6.31. The molecule has 1 heterocycles. The fourth-order valence-corrected chi connectivity index (χ4v) is 2.53. The smallest absolute Gasteiger partial charge is 0.132 e. The molecule has 0 aliphatic heterocycles. The molecule has 0 saturated heterocycles. The Bertz CT molecular complexity index is 595. The van der Waals surface area contributed by atoms with E-state index in [1.54, 1.807) is 30.1 Å². The first-order valence-electron chi connectivity index (χ1n) is 6.82. The van der Waals surface area contributed by atoms with Crippen LogP contribution in [-0.2, 0) is 7.05 Å². The van der Waals surface area contributed by atoms with Crippen LogP contribution in [0.3, 0.4) is 0 Å². The van der Waals surface area contributed by atoms with E-state index in [0.29, 0.717) is 16.3 Å². The Labute approximate surface area is 128 Å². The van der Waals surface area contributed by atoms with Gasteiger partial charge in [-0.2, -0.15) is 5.10 Å². The van der Waals surface area contributed by atoms with Gasteiger partial charge in [-0.1, -0.05) is 24.6 Å². The van der Waals surface area contributed by atoms with Crippen molar-refractivity contribution in [1.29, 1.82) is 0 Å². The molecule has 0 amide bonds. The van der Waals surface area contributed by atoms with Gasteiger partial charge in [0.25, 0.3) is 0 Å². The second kappa shape index (κ2) is 6.91. The number of aryl methyl sites for hydroxylation is 1. The van der Waals surface area contributed by atoms with Crippen LogP contribution in [0.5, 0.6) is 5.75 Å². The van der Waals surface area contributed by atoms with Crippen molar-refractivity contribution in [3.05, 3.63) is 46.5 Å². The minimum atomic E-state index is -0.351. The third-order valence-corrected chi connectivity index (χ3v) is 3.62. The quantitative estimate of drug-likeness (QED) is 0.889. The monoisotopic (exact) mass is 311 g/mol. The highest BCUT2D eigenvalue weighted by Gasteiger charge is 2.23. The molecule has 21 heavy (non-hydrogen) atoms. The van der Waals surface area contributed by atoms with E-state index >= 15 is 0 Å². The average Bonchev–Trinajstić information content (AvgIpc) is 2.80. The van der Waals surface area contributed by atoms with Crippen molar-refractivity contribution >= 4 is 11.6 Å². The van der Waals surface area contributed by atoms with Crippen LogP contribution in [0.2, 0.25) is 5.02 Å². The molecule has 0 aliphatic rings. The van der Waals surface area contributed by atoms with E-state index < -0.39 is 0 Å². The summed E-state index contributed by atoms with van der Waals surface area (Å²) in [4.78, 5) is 0. The number of nitrogens with zero attached hydrogens (tertiary/aromatic N) is 2. The van der Waals surface area contributed by atoms with Gasteiger partial charge in [0.15, 0.2) is 0 Å². The minimum Gasteiger partial charge on any atom is -0.497 e. The highest BCUT2D eigenvalue weighted by atomic mass is 35.5. The zero-order valence-electron chi connectivity index (χ0n) is 12.4. The summed E-state index contributed by atoms with van der Waals surface area (Å²) in [6, 6.07) is 4.48. The van der Waals surface area contributed by atoms with Crippen LogP contribution in [0, 0.1) is 5.82 Å². The number of ether oxygens (including phenoxy) is 1. The molecule has 1 aromatic carbocycles. The molecule has 0 spiro atoms. The molecule has 0 saturated carbocycles. The lowest BCUT2D eigenvalue weighted by Crippen LogP contribution is -2.26. The molecular formula is C15H19ClFN3O. The van der Waals surface area contributed by atoms with Gasteiger partial charge in [-0.3, -0.25) is 4.68 Å². The van der Waals surface area contributed by atoms with Crippen LogP contribution in [0.25, 0.3) is 0 Å². The number of hydrogen-bond acceptors (Lipinski definition) is 3. The van der Waals surface area contributed by atoms with Gasteiger partial charge in [0, 0.05) is 18.7 Å². The van der Waals surface area contributed by atoms with E-state index in [1.165, 1.54) is 13.2 Å². The molecule has 0 aliphatic carbocycles. The first-order chi connectivity index (χ1) is 10.1. The van der Waals surface area contributed by atoms with Gasteiger partial charge in [0.05, 0.1) is 30.1 Å². The summed E-state index contributed by atoms with van der Waals surface area (Å²) < 4.78 is 21.1. The van der Waals surface area contributed by atoms with E-state index in [9.17, 15) is 4.39 Å². The Kier molecular flexibility index (Phi) is 5.20. The van der Waals surface area contributed by atoms with Crippen molar-refractivity contribution in [2.75, 3.05) is 13.7 Å². The number of aromatic nitrogens is 2. The third-order valence-electron chi connectivity index (χ3n) is 3.33. The van der Waals surface area contributed by atoms with E-state index in [-0.39, 0.29) is 11.9 Å². The van der Waals surface area contributed by atoms with Gasteiger partial charge < -0.3 is 10.1 Å². The van der Waals surface area contributed by atoms with Gasteiger partial charge in [0.2, 0.25) is 0 Å². The average molecular weight is 312 g/mol. The molecule has 1 atom stereocenters. The number of rotatable bonds is 6. The van der Waals surface area contributed by atoms with E-state index in [1.807, 2.05) is 0 Å². The second-order valence-electron chi connectivity index (χ2n) is 4.78. The van der Waals surface area contributed by atoms with Gasteiger partial charge in [0.1, 0.15) is 11.6 Å². The minimum absolute atomic E-state index is 0.333. The number of halogens is 2. The Morgan fingerprint density at radius 1 is 1.48 bits per heavy atom. The maximum absolute atomic E-state index is 14.4. The maximum atomic E-state index is 14.4. The van der Waals surface area contributed by atoms with Crippen molar-refractivity contribution < 1.29 is 9.13 Å². The van der Waals surface area contributed by atoms with Crippen molar-refractivity contribution in [1.82, 2.24) is 15.1 Å². The molecule has 1 aromatic heterocycles. The summed E-state index contributed by atoms with van der Waals surface area (Å²) in [5.41, 5.74) is 1.27. The topological polar surface area (TPSA) is 39.1 Å². The standard InChI is InChI=1S/C15H19ClFN3O/c1-4-7-18-14(15-12(16)9-19-20(15)2)11-6-5-10(21-3)8-13(11)17/h5-6,8-9,14,18H,4,7H2,1-3H3. The predicted molar refractivity (Wildman–Crippen MR) is 81.3 cm³/mol. The van der Waals surface area contributed by atoms with E-state index in [2.05, 4.69) is 17.3 Å². The number of benzene rings is 1. The molecule has 1 unspecified atom stereocenters. The summed E-state index contributed by atoms with van der Waals surface area (Å²) in [7, 11) is 3.31. The van der Waals surface area contributed by atoms with Crippen LogP contribution in [0.1, 0.15) is 30.6 Å². The zero-order chi connectivity index (χ0) is 15.4. The van der Waals surface area contributed by atoms with Crippen LogP contribution >= 0.6 is 11.6 Å². The summed E-state index contributed by atoms with van der Waals surface area (Å²) in [6.45, 7) is 2.80. The SMILES string of the molecule is CCCNC(c1ccc(OC)cc1F)c1c(Cl)cnn1C. The fraction of sp³-hybridized carbons (Fsp3) is 0.400. The highest BCUT2D eigenvalue weighted by Crippen LogP contribution is 2.30. The number of hydrogen-bond donors (Lipinski definition) is 1. The normalized spacial score (nSPS) is 12.4. The molecule has 4 nitrogen and oxygen atoms in total. The first kappa shape index (κ1) is 15.8. The van der Waals surface area contributed by atoms with Crippen molar-refractivity contribution in [2.24, 2.45) is 7.05 Å². The summed E-state index contributed by atoms with van der Waals surface area (Å²) in [5.74, 6) is 0.154. The lowest BCUT2D eigenvalue weighted by Gasteiger charge is -2.21. The van der Waals surface area contributed by atoms with Gasteiger partial charge in [-0.15, -0.1) is 0 Å².